The van der Waals surface area contributed by atoms with Crippen molar-refractivity contribution < 1.29 is 18.7 Å². The van der Waals surface area contributed by atoms with Crippen molar-refractivity contribution in [3.05, 3.63) is 48.2 Å². The van der Waals surface area contributed by atoms with Crippen molar-refractivity contribution in [1.82, 2.24) is 9.97 Å². The topological polar surface area (TPSA) is 107 Å². The Kier molecular flexibility index (Phi) is 4.62. The zero-order valence-corrected chi connectivity index (χ0v) is 11.6. The highest BCUT2D eigenvalue weighted by molar-refractivity contribution is 5.98. The first-order valence-electron chi connectivity index (χ1n) is 6.32. The number of amides is 1. The zero-order valence-electron chi connectivity index (χ0n) is 11.6. The van der Waals surface area contributed by atoms with Crippen LogP contribution in [0.4, 0.5) is 15.9 Å². The van der Waals surface area contributed by atoms with Gasteiger partial charge in [0, 0.05) is 12.4 Å². The van der Waals surface area contributed by atoms with Gasteiger partial charge in [0.1, 0.15) is 5.82 Å². The Morgan fingerprint density at radius 3 is 2.64 bits per heavy atom. The molecule has 0 saturated heterocycles. The number of nitrogens with one attached hydrogen (secondary N) is 1. The molecule has 0 aliphatic heterocycles. The van der Waals surface area contributed by atoms with Crippen molar-refractivity contribution in [3.8, 4) is 0 Å². The summed E-state index contributed by atoms with van der Waals surface area (Å²) in [5.41, 5.74) is 5.30. The molecule has 0 saturated carbocycles. The van der Waals surface area contributed by atoms with Crippen LogP contribution < -0.4 is 11.1 Å². The average Bonchev–Trinajstić information content (AvgIpc) is 2.49. The highest BCUT2D eigenvalue weighted by Gasteiger charge is 2.22. The van der Waals surface area contributed by atoms with Gasteiger partial charge in [-0.15, -0.1) is 0 Å². The largest absolute Gasteiger partial charge is 0.448 e. The van der Waals surface area contributed by atoms with Crippen LogP contribution in [0.2, 0.25) is 0 Å². The van der Waals surface area contributed by atoms with Crippen LogP contribution in [0.15, 0.2) is 36.7 Å². The van der Waals surface area contributed by atoms with Crippen molar-refractivity contribution in [2.45, 2.75) is 13.0 Å². The van der Waals surface area contributed by atoms with E-state index in [4.69, 9.17) is 10.5 Å². The van der Waals surface area contributed by atoms with Crippen LogP contribution in [0.25, 0.3) is 0 Å². The number of nitrogens with two attached hydrogens (primary N) is 1. The molecule has 8 heteroatoms. The second-order valence-corrected chi connectivity index (χ2v) is 4.31. The summed E-state index contributed by atoms with van der Waals surface area (Å²) in [6, 6.07) is 5.65. The van der Waals surface area contributed by atoms with Gasteiger partial charge in [-0.25, -0.2) is 19.2 Å². The van der Waals surface area contributed by atoms with E-state index in [0.29, 0.717) is 0 Å². The Hall–Kier alpha value is -3.03. The van der Waals surface area contributed by atoms with Crippen LogP contribution >= 0.6 is 0 Å². The number of nitrogen functional groups attached to an aromatic ring is 1. The molecular weight excluding hydrogens is 291 g/mol. The lowest BCUT2D eigenvalue weighted by Gasteiger charge is -2.13. The molecule has 2 aromatic rings. The SMILES string of the molecule is C[C@@H](OC(=O)c1nccnc1N)C(=O)Nc1ccccc1F. The van der Waals surface area contributed by atoms with Gasteiger partial charge in [-0.05, 0) is 19.1 Å². The Morgan fingerprint density at radius 1 is 1.27 bits per heavy atom. The van der Waals surface area contributed by atoms with Crippen molar-refractivity contribution in [2.24, 2.45) is 0 Å². The summed E-state index contributed by atoms with van der Waals surface area (Å²) in [7, 11) is 0. The summed E-state index contributed by atoms with van der Waals surface area (Å²) in [6.45, 7) is 1.35. The molecule has 3 N–H and O–H groups in total. The van der Waals surface area contributed by atoms with Crippen molar-refractivity contribution in [1.29, 1.82) is 0 Å². The summed E-state index contributed by atoms with van der Waals surface area (Å²) < 4.78 is 18.4. The highest BCUT2D eigenvalue weighted by Crippen LogP contribution is 2.14. The summed E-state index contributed by atoms with van der Waals surface area (Å²) in [4.78, 5) is 31.2. The lowest BCUT2D eigenvalue weighted by Crippen LogP contribution is -2.30. The van der Waals surface area contributed by atoms with E-state index in [-0.39, 0.29) is 17.2 Å². The van der Waals surface area contributed by atoms with Gasteiger partial charge in [0.05, 0.1) is 5.69 Å². The van der Waals surface area contributed by atoms with E-state index in [1.807, 2.05) is 0 Å². The zero-order chi connectivity index (χ0) is 16.1. The summed E-state index contributed by atoms with van der Waals surface area (Å²) in [5, 5.41) is 2.32. The van der Waals surface area contributed by atoms with Gasteiger partial charge in [-0.2, -0.15) is 0 Å². The number of rotatable bonds is 4. The maximum absolute atomic E-state index is 13.4. The van der Waals surface area contributed by atoms with E-state index >= 15 is 0 Å². The predicted octanol–water partition coefficient (Wildman–Crippen LogP) is 1.38. The van der Waals surface area contributed by atoms with E-state index in [0.717, 1.165) is 0 Å². The molecule has 1 amide bonds. The van der Waals surface area contributed by atoms with E-state index in [9.17, 15) is 14.0 Å². The Morgan fingerprint density at radius 2 is 1.95 bits per heavy atom. The van der Waals surface area contributed by atoms with Gasteiger partial charge in [0.2, 0.25) is 0 Å². The van der Waals surface area contributed by atoms with Crippen LogP contribution in [0.3, 0.4) is 0 Å². The number of benzene rings is 1. The quantitative estimate of drug-likeness (QED) is 0.826. The summed E-state index contributed by atoms with van der Waals surface area (Å²) in [6.07, 6.45) is 1.44. The van der Waals surface area contributed by atoms with Gasteiger partial charge in [-0.3, -0.25) is 4.79 Å². The van der Waals surface area contributed by atoms with Crippen LogP contribution in [-0.2, 0) is 9.53 Å². The molecule has 0 radical (unpaired) electrons. The van der Waals surface area contributed by atoms with Gasteiger partial charge < -0.3 is 15.8 Å². The molecule has 1 heterocycles. The van der Waals surface area contributed by atoms with Gasteiger partial charge in [-0.1, -0.05) is 12.1 Å². The number of halogens is 1. The molecule has 0 aliphatic rings. The van der Waals surface area contributed by atoms with Gasteiger partial charge >= 0.3 is 5.97 Å². The first kappa shape index (κ1) is 15.4. The molecule has 0 fully saturated rings. The molecular formula is C14H13FN4O3. The smallest absolute Gasteiger partial charge is 0.361 e. The second kappa shape index (κ2) is 6.61. The fourth-order valence-electron chi connectivity index (χ4n) is 1.57. The molecule has 1 aromatic carbocycles. The van der Waals surface area contributed by atoms with Crippen LogP contribution in [0, 0.1) is 5.82 Å². The molecule has 0 unspecified atom stereocenters. The van der Waals surface area contributed by atoms with Crippen molar-refractivity contribution in [3.63, 3.8) is 0 Å². The predicted molar refractivity (Wildman–Crippen MR) is 76.4 cm³/mol. The number of ether oxygens (including phenoxy) is 1. The van der Waals surface area contributed by atoms with Crippen LogP contribution in [-0.4, -0.2) is 27.9 Å². The molecule has 2 rings (SSSR count). The third kappa shape index (κ3) is 3.54. The lowest BCUT2D eigenvalue weighted by atomic mass is 10.3. The summed E-state index contributed by atoms with van der Waals surface area (Å²) >= 11 is 0. The van der Waals surface area contributed by atoms with Crippen molar-refractivity contribution >= 4 is 23.4 Å². The molecule has 0 aliphatic carbocycles. The second-order valence-electron chi connectivity index (χ2n) is 4.31. The molecule has 114 valence electrons. The molecule has 1 atom stereocenters. The normalized spacial score (nSPS) is 11.5. The number of hydrogen-bond donors (Lipinski definition) is 2. The van der Waals surface area contributed by atoms with Gasteiger partial charge in [0.15, 0.2) is 17.6 Å². The monoisotopic (exact) mass is 304 g/mol. The maximum atomic E-state index is 13.4. The number of carbonyl (C=O) groups is 2. The fourth-order valence-corrected chi connectivity index (χ4v) is 1.57. The van der Waals surface area contributed by atoms with Gasteiger partial charge in [0.25, 0.3) is 5.91 Å². The minimum Gasteiger partial charge on any atom is -0.448 e. The number of nitrogens with zero attached hydrogens (tertiary/aromatic N) is 2. The number of hydrogen-bond acceptors (Lipinski definition) is 6. The van der Waals surface area contributed by atoms with E-state index < -0.39 is 23.8 Å². The molecule has 1 aromatic heterocycles. The molecule has 22 heavy (non-hydrogen) atoms. The maximum Gasteiger partial charge on any atom is 0.361 e. The lowest BCUT2D eigenvalue weighted by molar-refractivity contribution is -0.123. The number of esters is 1. The molecule has 0 spiro atoms. The van der Waals surface area contributed by atoms with Crippen molar-refractivity contribution in [2.75, 3.05) is 11.1 Å². The third-order valence-corrected chi connectivity index (χ3v) is 2.70. The highest BCUT2D eigenvalue weighted by atomic mass is 19.1. The third-order valence-electron chi connectivity index (χ3n) is 2.70. The van der Waals surface area contributed by atoms with Crippen LogP contribution in [0.5, 0.6) is 0 Å². The van der Waals surface area contributed by atoms with E-state index in [1.54, 1.807) is 6.07 Å². The Labute approximate surface area is 125 Å². The Bertz CT molecular complexity index is 708. The minimum atomic E-state index is -1.16. The standard InChI is InChI=1S/C14H13FN4O3/c1-8(13(20)19-10-5-3-2-4-9(10)15)22-14(21)11-12(16)18-7-6-17-11/h2-8H,1H3,(H2,16,18)(H,19,20)/t8-/m1/s1. The number of carbonyl (C=O) groups excluding carboxylic acids is 2. The average molecular weight is 304 g/mol. The molecule has 0 bridgehead atoms. The van der Waals surface area contributed by atoms with E-state index in [1.165, 1.54) is 37.5 Å². The number of aromatic nitrogens is 2. The number of para-hydroxylation sites is 1. The molecule has 7 nitrogen and oxygen atoms in total. The number of anilines is 2. The fraction of sp³-hybridized carbons (Fsp3) is 0.143. The Balaban J connectivity index is 2.01. The van der Waals surface area contributed by atoms with Crippen LogP contribution in [0.1, 0.15) is 17.4 Å². The summed E-state index contributed by atoms with van der Waals surface area (Å²) in [5.74, 6) is -2.26. The first-order valence-corrected chi connectivity index (χ1v) is 6.32. The minimum absolute atomic E-state index is 0.00517. The first-order chi connectivity index (χ1) is 10.5. The van der Waals surface area contributed by atoms with E-state index in [2.05, 4.69) is 15.3 Å².